The molecule has 5 rings (SSSR count). The number of nitrogens with zero attached hydrogens (tertiary/aromatic N) is 4. The first kappa shape index (κ1) is 16.9. The molecular weight excluding hydrogens is 344 g/mol. The second kappa shape index (κ2) is 6.15. The van der Waals surface area contributed by atoms with Crippen LogP contribution < -0.4 is 10.2 Å². The average molecular weight is 370 g/mol. The number of H-pyrrole nitrogens is 1. The Bertz CT molecular complexity index is 867. The van der Waals surface area contributed by atoms with Gasteiger partial charge in [0, 0.05) is 37.9 Å². The molecule has 0 radical (unpaired) electrons. The Hall–Kier alpha value is -2.22. The highest BCUT2D eigenvalue weighted by molar-refractivity contribution is 5.83. The lowest BCUT2D eigenvalue weighted by atomic mass is 9.73. The third kappa shape index (κ3) is 2.69. The normalized spacial score (nSPS) is 31.8. The van der Waals surface area contributed by atoms with Crippen LogP contribution in [0.15, 0.2) is 12.7 Å². The number of aromatic nitrogens is 4. The van der Waals surface area contributed by atoms with Gasteiger partial charge in [-0.25, -0.2) is 15.0 Å². The molecule has 27 heavy (non-hydrogen) atoms. The minimum atomic E-state index is -0.102. The smallest absolute Gasteiger partial charge is 0.220 e. The van der Waals surface area contributed by atoms with Crippen molar-refractivity contribution in [2.75, 3.05) is 24.5 Å². The first-order valence-corrected chi connectivity index (χ1v) is 9.89. The maximum absolute atomic E-state index is 12.1. The number of rotatable bonds is 5. The number of fused-ring (bicyclic) bond motifs is 2. The zero-order valence-electron chi connectivity index (χ0n) is 15.8. The Balaban J connectivity index is 1.34. The summed E-state index contributed by atoms with van der Waals surface area (Å²) in [4.78, 5) is 30.6. The molecule has 2 N–H and O–H groups in total. The molecule has 3 aliphatic heterocycles. The molecule has 1 amide bonds. The van der Waals surface area contributed by atoms with Gasteiger partial charge < -0.3 is 19.9 Å². The summed E-state index contributed by atoms with van der Waals surface area (Å²) in [5.41, 5.74) is 1.47. The fourth-order valence-corrected chi connectivity index (χ4v) is 5.29. The zero-order valence-corrected chi connectivity index (χ0v) is 15.8. The monoisotopic (exact) mass is 370 g/mol. The summed E-state index contributed by atoms with van der Waals surface area (Å²) in [5.74, 6) is 2.22. The van der Waals surface area contributed by atoms with Crippen LogP contribution >= 0.6 is 0 Å². The number of hydrogen-bond donors (Lipinski definition) is 2. The van der Waals surface area contributed by atoms with Crippen LogP contribution in [0.1, 0.15) is 33.1 Å². The Kier molecular flexibility index (Phi) is 3.86. The molecule has 4 atom stereocenters. The molecule has 0 aliphatic carbocycles. The van der Waals surface area contributed by atoms with E-state index in [9.17, 15) is 4.79 Å². The van der Waals surface area contributed by atoms with Crippen molar-refractivity contribution >= 4 is 22.9 Å². The summed E-state index contributed by atoms with van der Waals surface area (Å²) in [7, 11) is 0. The van der Waals surface area contributed by atoms with E-state index in [4.69, 9.17) is 4.74 Å². The number of imidazole rings is 1. The van der Waals surface area contributed by atoms with Gasteiger partial charge >= 0.3 is 0 Å². The van der Waals surface area contributed by atoms with E-state index in [1.807, 2.05) is 0 Å². The molecular formula is C19H26N6O2. The van der Waals surface area contributed by atoms with Crippen molar-refractivity contribution in [3.05, 3.63) is 12.7 Å². The minimum absolute atomic E-state index is 0.102. The Morgan fingerprint density at radius 3 is 3.19 bits per heavy atom. The van der Waals surface area contributed by atoms with Gasteiger partial charge in [-0.2, -0.15) is 0 Å². The largest absolute Gasteiger partial charge is 0.369 e. The molecule has 3 fully saturated rings. The molecule has 8 heteroatoms. The number of carbonyl (C=O) groups is 1. The second-order valence-electron chi connectivity index (χ2n) is 8.61. The Morgan fingerprint density at radius 2 is 2.33 bits per heavy atom. The first-order chi connectivity index (χ1) is 13.1. The highest BCUT2D eigenvalue weighted by atomic mass is 16.5. The molecule has 0 unspecified atom stereocenters. The number of carbonyl (C=O) groups excluding carboxylic acids is 1. The van der Waals surface area contributed by atoms with Crippen LogP contribution in [0.3, 0.4) is 0 Å². The summed E-state index contributed by atoms with van der Waals surface area (Å²) in [6.07, 6.45) is 6.26. The number of aromatic amines is 1. The number of ether oxygens (including phenoxy) is 1. The lowest BCUT2D eigenvalue weighted by Gasteiger charge is -2.29. The van der Waals surface area contributed by atoms with E-state index in [2.05, 4.69) is 44.0 Å². The van der Waals surface area contributed by atoms with Gasteiger partial charge in [-0.3, -0.25) is 4.79 Å². The van der Waals surface area contributed by atoms with Gasteiger partial charge in [0.25, 0.3) is 0 Å². The van der Waals surface area contributed by atoms with Gasteiger partial charge in [0.15, 0.2) is 11.5 Å². The van der Waals surface area contributed by atoms with Crippen molar-refractivity contribution in [3.8, 4) is 0 Å². The zero-order chi connectivity index (χ0) is 18.6. The number of nitrogens with one attached hydrogen (secondary N) is 2. The molecule has 3 aliphatic rings. The highest BCUT2D eigenvalue weighted by Gasteiger charge is 2.63. The van der Waals surface area contributed by atoms with E-state index in [1.165, 1.54) is 0 Å². The molecule has 2 aromatic heterocycles. The maximum atomic E-state index is 12.1. The van der Waals surface area contributed by atoms with Crippen LogP contribution in [0, 0.1) is 17.8 Å². The van der Waals surface area contributed by atoms with Crippen molar-refractivity contribution in [2.45, 2.75) is 44.8 Å². The Morgan fingerprint density at radius 1 is 1.44 bits per heavy atom. The van der Waals surface area contributed by atoms with Gasteiger partial charge in [0.1, 0.15) is 11.8 Å². The van der Waals surface area contributed by atoms with Crippen molar-refractivity contribution in [1.82, 2.24) is 25.3 Å². The predicted octanol–water partition coefficient (Wildman–Crippen LogP) is 1.50. The van der Waals surface area contributed by atoms with Crippen LogP contribution in [0.2, 0.25) is 0 Å². The number of anilines is 1. The summed E-state index contributed by atoms with van der Waals surface area (Å²) in [6.45, 7) is 6.59. The number of hydrogen-bond acceptors (Lipinski definition) is 6. The van der Waals surface area contributed by atoms with Gasteiger partial charge in [-0.1, -0.05) is 13.8 Å². The van der Waals surface area contributed by atoms with Crippen LogP contribution in [0.25, 0.3) is 11.2 Å². The molecule has 8 nitrogen and oxygen atoms in total. The van der Waals surface area contributed by atoms with Crippen molar-refractivity contribution < 1.29 is 9.53 Å². The van der Waals surface area contributed by atoms with Crippen molar-refractivity contribution in [3.63, 3.8) is 0 Å². The van der Waals surface area contributed by atoms with E-state index in [0.717, 1.165) is 37.3 Å². The molecule has 0 aromatic carbocycles. The maximum Gasteiger partial charge on any atom is 0.220 e. The third-order valence-corrected chi connectivity index (χ3v) is 6.41. The van der Waals surface area contributed by atoms with E-state index in [0.29, 0.717) is 36.4 Å². The first-order valence-electron chi connectivity index (χ1n) is 9.89. The fraction of sp³-hybridized carbons (Fsp3) is 0.684. The topological polar surface area (TPSA) is 96.0 Å². The van der Waals surface area contributed by atoms with E-state index in [1.54, 1.807) is 12.7 Å². The molecule has 2 aromatic rings. The highest BCUT2D eigenvalue weighted by Crippen LogP contribution is 2.55. The van der Waals surface area contributed by atoms with Gasteiger partial charge in [-0.05, 0) is 18.8 Å². The predicted molar refractivity (Wildman–Crippen MR) is 100 cm³/mol. The van der Waals surface area contributed by atoms with Crippen molar-refractivity contribution in [2.24, 2.45) is 17.8 Å². The summed E-state index contributed by atoms with van der Waals surface area (Å²) >= 11 is 0. The Labute approximate surface area is 158 Å². The third-order valence-electron chi connectivity index (χ3n) is 6.41. The molecule has 5 heterocycles. The number of amides is 1. The van der Waals surface area contributed by atoms with E-state index >= 15 is 0 Å². The quantitative estimate of drug-likeness (QED) is 0.828. The van der Waals surface area contributed by atoms with Crippen molar-refractivity contribution in [1.29, 1.82) is 0 Å². The minimum Gasteiger partial charge on any atom is -0.369 e. The summed E-state index contributed by atoms with van der Waals surface area (Å²) < 4.78 is 6.49. The molecule has 3 saturated heterocycles. The van der Waals surface area contributed by atoms with Gasteiger partial charge in [0.05, 0.1) is 18.0 Å². The summed E-state index contributed by atoms with van der Waals surface area (Å²) in [5, 5.41) is 3.15. The molecule has 144 valence electrons. The lowest BCUT2D eigenvalue weighted by Crippen LogP contribution is -2.42. The van der Waals surface area contributed by atoms with Crippen LogP contribution in [-0.4, -0.2) is 57.2 Å². The molecule has 1 spiro atoms. The average Bonchev–Trinajstić information content (AvgIpc) is 3.37. The lowest BCUT2D eigenvalue weighted by molar-refractivity contribution is -0.122. The van der Waals surface area contributed by atoms with Gasteiger partial charge in [-0.15, -0.1) is 0 Å². The van der Waals surface area contributed by atoms with Gasteiger partial charge in [0.2, 0.25) is 5.91 Å². The summed E-state index contributed by atoms with van der Waals surface area (Å²) in [6, 6.07) is 0. The van der Waals surface area contributed by atoms with E-state index in [-0.39, 0.29) is 17.6 Å². The fourth-order valence-electron chi connectivity index (χ4n) is 5.29. The van der Waals surface area contributed by atoms with Crippen LogP contribution in [0.4, 0.5) is 5.82 Å². The SMILES string of the molecule is CC(C)CC(=O)NC[C@H]1[C@H]2CN(c3ncnc4nc[nH]c34)C[C@]23CC[C@H]1O3. The van der Waals surface area contributed by atoms with E-state index < -0.39 is 0 Å². The molecule has 2 bridgehead atoms. The molecule has 0 saturated carbocycles. The van der Waals surface area contributed by atoms with Crippen LogP contribution in [-0.2, 0) is 9.53 Å². The second-order valence-corrected chi connectivity index (χ2v) is 8.61. The van der Waals surface area contributed by atoms with Crippen LogP contribution in [0.5, 0.6) is 0 Å². The standard InChI is InChI=1S/C19H26N6O2/c1-11(2)5-15(26)20-6-12-13-7-25(8-19(13)4-3-14(12)27-19)18-16-17(22-9-21-16)23-10-24-18/h9-14H,3-8H2,1-2H3,(H,20,26)(H,21,22,23,24)/t12-,13+,14+,19+/m0/s1.